The van der Waals surface area contributed by atoms with Crippen LogP contribution in [0.25, 0.3) is 5.65 Å². The molecular formula is C20H30N6O2. The maximum atomic E-state index is 12.0. The summed E-state index contributed by atoms with van der Waals surface area (Å²) in [6.45, 7) is 8.25. The van der Waals surface area contributed by atoms with Gasteiger partial charge < -0.3 is 20.3 Å². The molecule has 0 aromatic carbocycles. The normalized spacial score (nSPS) is 23.2. The molecule has 4 heterocycles. The largest absolute Gasteiger partial charge is 0.444 e. The van der Waals surface area contributed by atoms with Gasteiger partial charge in [0.15, 0.2) is 5.65 Å². The maximum Gasteiger partial charge on any atom is 0.407 e. The summed E-state index contributed by atoms with van der Waals surface area (Å²) in [5.41, 5.74) is 1.45. The molecule has 8 nitrogen and oxygen atoms in total. The van der Waals surface area contributed by atoms with E-state index < -0.39 is 5.60 Å². The molecule has 2 saturated heterocycles. The van der Waals surface area contributed by atoms with Crippen LogP contribution in [0.2, 0.25) is 0 Å². The summed E-state index contributed by atoms with van der Waals surface area (Å²) in [6.07, 6.45) is 6.09. The molecule has 2 aliphatic rings. The molecule has 2 aliphatic heterocycles. The van der Waals surface area contributed by atoms with Crippen LogP contribution in [-0.2, 0) is 4.74 Å². The molecule has 8 heteroatoms. The molecule has 1 amide bonds. The van der Waals surface area contributed by atoms with Crippen molar-refractivity contribution in [3.05, 3.63) is 24.0 Å². The molecule has 0 radical (unpaired) electrons. The van der Waals surface area contributed by atoms with Gasteiger partial charge in [-0.3, -0.25) is 0 Å². The third kappa shape index (κ3) is 4.38. The third-order valence-electron chi connectivity index (χ3n) is 5.23. The Morgan fingerprint density at radius 3 is 2.93 bits per heavy atom. The Morgan fingerprint density at radius 1 is 1.32 bits per heavy atom. The van der Waals surface area contributed by atoms with Gasteiger partial charge in [-0.1, -0.05) is 6.42 Å². The average molecular weight is 387 g/mol. The fourth-order valence-corrected chi connectivity index (χ4v) is 3.90. The van der Waals surface area contributed by atoms with Crippen molar-refractivity contribution < 1.29 is 9.53 Å². The van der Waals surface area contributed by atoms with E-state index in [1.807, 2.05) is 37.5 Å². The number of fused-ring (bicyclic) bond motifs is 1. The molecule has 2 aromatic rings. The summed E-state index contributed by atoms with van der Waals surface area (Å²) < 4.78 is 7.21. The molecule has 2 aromatic heterocycles. The minimum atomic E-state index is -0.484. The highest BCUT2D eigenvalue weighted by Gasteiger charge is 2.27. The van der Waals surface area contributed by atoms with Crippen molar-refractivity contribution in [3.63, 3.8) is 0 Å². The Bertz CT molecular complexity index is 837. The lowest BCUT2D eigenvalue weighted by molar-refractivity contribution is 0.0509. The predicted molar refractivity (Wildman–Crippen MR) is 108 cm³/mol. The summed E-state index contributed by atoms with van der Waals surface area (Å²) in [5, 5.41) is 11.2. The van der Waals surface area contributed by atoms with Gasteiger partial charge in [-0.05, 0) is 52.6 Å². The van der Waals surface area contributed by atoms with Gasteiger partial charge in [-0.15, -0.1) is 0 Å². The first-order valence-electron chi connectivity index (χ1n) is 10.2. The van der Waals surface area contributed by atoms with E-state index in [-0.39, 0.29) is 12.1 Å². The third-order valence-corrected chi connectivity index (χ3v) is 5.23. The maximum absolute atomic E-state index is 12.0. The molecule has 4 rings (SSSR count). The van der Waals surface area contributed by atoms with E-state index in [0.29, 0.717) is 6.04 Å². The number of carbonyl (C=O) groups excluding carboxylic acids is 1. The molecule has 0 bridgehead atoms. The Morgan fingerprint density at radius 2 is 2.18 bits per heavy atom. The number of piperidine rings is 1. The average Bonchev–Trinajstić information content (AvgIpc) is 3.27. The first kappa shape index (κ1) is 19.0. The fourth-order valence-electron chi connectivity index (χ4n) is 3.90. The van der Waals surface area contributed by atoms with Crippen molar-refractivity contribution in [3.8, 4) is 0 Å². The number of hydrogen-bond donors (Lipinski definition) is 2. The monoisotopic (exact) mass is 386 g/mol. The summed E-state index contributed by atoms with van der Waals surface area (Å²) in [4.78, 5) is 19.0. The Kier molecular flexibility index (Phi) is 5.14. The number of nitrogens with one attached hydrogen (secondary N) is 2. The van der Waals surface area contributed by atoms with Gasteiger partial charge in [0, 0.05) is 25.4 Å². The van der Waals surface area contributed by atoms with E-state index in [9.17, 15) is 4.79 Å². The van der Waals surface area contributed by atoms with Crippen molar-refractivity contribution in [1.82, 2.24) is 25.2 Å². The quantitative estimate of drug-likeness (QED) is 0.844. The second kappa shape index (κ2) is 7.58. The number of nitrogens with zero attached hydrogens (tertiary/aromatic N) is 4. The van der Waals surface area contributed by atoms with Crippen LogP contribution in [0, 0.1) is 0 Å². The number of rotatable bonds is 3. The lowest BCUT2D eigenvalue weighted by Crippen LogP contribution is -2.40. The Labute approximate surface area is 165 Å². The number of anilines is 1. The van der Waals surface area contributed by atoms with Gasteiger partial charge in [0.25, 0.3) is 0 Å². The summed E-state index contributed by atoms with van der Waals surface area (Å²) >= 11 is 0. The minimum Gasteiger partial charge on any atom is -0.444 e. The van der Waals surface area contributed by atoms with Crippen LogP contribution in [-0.4, -0.2) is 52.0 Å². The minimum absolute atomic E-state index is 0.0692. The topological polar surface area (TPSA) is 83.8 Å². The molecule has 0 spiro atoms. The summed E-state index contributed by atoms with van der Waals surface area (Å²) in [5.74, 6) is 0.920. The number of carbonyl (C=O) groups is 1. The molecule has 2 N–H and O–H groups in total. The van der Waals surface area contributed by atoms with Crippen molar-refractivity contribution in [1.29, 1.82) is 0 Å². The van der Waals surface area contributed by atoms with Crippen LogP contribution in [0.5, 0.6) is 0 Å². The molecule has 0 saturated carbocycles. The zero-order valence-electron chi connectivity index (χ0n) is 16.9. The van der Waals surface area contributed by atoms with E-state index in [4.69, 9.17) is 14.8 Å². The van der Waals surface area contributed by atoms with Crippen LogP contribution < -0.4 is 15.5 Å². The predicted octanol–water partition coefficient (Wildman–Crippen LogP) is 2.65. The van der Waals surface area contributed by atoms with Crippen molar-refractivity contribution in [2.24, 2.45) is 0 Å². The van der Waals surface area contributed by atoms with Crippen LogP contribution in [0.4, 0.5) is 10.6 Å². The first-order chi connectivity index (χ1) is 13.4. The van der Waals surface area contributed by atoms with E-state index in [0.717, 1.165) is 49.6 Å². The smallest absolute Gasteiger partial charge is 0.407 e. The van der Waals surface area contributed by atoms with E-state index in [2.05, 4.69) is 21.6 Å². The summed E-state index contributed by atoms with van der Waals surface area (Å²) in [6, 6.07) is 4.47. The molecule has 0 aliphatic carbocycles. The second-order valence-electron chi connectivity index (χ2n) is 8.74. The fraction of sp³-hybridized carbons (Fsp3) is 0.650. The van der Waals surface area contributed by atoms with E-state index in [1.165, 1.54) is 12.8 Å². The lowest BCUT2D eigenvalue weighted by Gasteiger charge is -2.22. The molecule has 28 heavy (non-hydrogen) atoms. The molecular weight excluding hydrogens is 356 g/mol. The highest BCUT2D eigenvalue weighted by atomic mass is 16.6. The number of hydrogen-bond acceptors (Lipinski definition) is 6. The SMILES string of the molecule is CC(C)(C)OC(=O)N[C@H]1CCN(c2ccn3nc(C4CCCCN4)cc3n2)C1. The zero-order chi connectivity index (χ0) is 19.7. The van der Waals surface area contributed by atoms with E-state index in [1.54, 1.807) is 0 Å². The van der Waals surface area contributed by atoms with Crippen molar-refractivity contribution in [2.75, 3.05) is 24.5 Å². The van der Waals surface area contributed by atoms with Gasteiger partial charge in [0.05, 0.1) is 17.8 Å². The zero-order valence-corrected chi connectivity index (χ0v) is 16.9. The molecule has 1 unspecified atom stereocenters. The van der Waals surface area contributed by atoms with Gasteiger partial charge in [-0.2, -0.15) is 5.10 Å². The van der Waals surface area contributed by atoms with Crippen LogP contribution in [0.3, 0.4) is 0 Å². The lowest BCUT2D eigenvalue weighted by atomic mass is 10.0. The van der Waals surface area contributed by atoms with Gasteiger partial charge in [-0.25, -0.2) is 14.3 Å². The standard InChI is InChI=1S/C20H30N6O2/c1-20(2,3)28-19(27)22-14-7-10-25(13-14)17-8-11-26-18(23-17)12-16(24-26)15-6-4-5-9-21-15/h8,11-12,14-15,21H,4-7,9-10,13H2,1-3H3,(H,22,27)/t14-,15?/m0/s1. The van der Waals surface area contributed by atoms with Crippen LogP contribution in [0.1, 0.15) is 58.2 Å². The number of aromatic nitrogens is 3. The Balaban J connectivity index is 1.41. The second-order valence-corrected chi connectivity index (χ2v) is 8.74. The van der Waals surface area contributed by atoms with Gasteiger partial charge in [0.2, 0.25) is 0 Å². The highest BCUT2D eigenvalue weighted by molar-refractivity contribution is 5.68. The number of amides is 1. The molecule has 2 atom stereocenters. The number of alkyl carbamates (subject to hydrolysis) is 1. The summed E-state index contributed by atoms with van der Waals surface area (Å²) in [7, 11) is 0. The van der Waals surface area contributed by atoms with Crippen molar-refractivity contribution >= 4 is 17.6 Å². The highest BCUT2D eigenvalue weighted by Crippen LogP contribution is 2.24. The number of ether oxygens (including phenoxy) is 1. The van der Waals surface area contributed by atoms with Gasteiger partial charge >= 0.3 is 6.09 Å². The first-order valence-corrected chi connectivity index (χ1v) is 10.2. The Hall–Kier alpha value is -2.35. The molecule has 152 valence electrons. The van der Waals surface area contributed by atoms with Crippen LogP contribution >= 0.6 is 0 Å². The van der Waals surface area contributed by atoms with Crippen LogP contribution in [0.15, 0.2) is 18.3 Å². The molecule has 2 fully saturated rings. The van der Waals surface area contributed by atoms with Gasteiger partial charge in [0.1, 0.15) is 11.4 Å². The van der Waals surface area contributed by atoms with E-state index >= 15 is 0 Å². The van der Waals surface area contributed by atoms with Crippen molar-refractivity contribution in [2.45, 2.75) is 64.1 Å².